The Bertz CT molecular complexity index is 1090. The van der Waals surface area contributed by atoms with E-state index in [4.69, 9.17) is 4.42 Å². The standard InChI is InChI=1S/C23H24N2O4S2/c1-2-25(19-13-14-31(27,28)16-19)20(26)15-30-23-24-21(17-9-5-3-6-10-17)22(29-23)18-11-7-4-8-12-18/h3-12,19H,2,13-16H2,1H3/t19-/m1/s1. The monoisotopic (exact) mass is 456 g/mol. The van der Waals surface area contributed by atoms with Gasteiger partial charge in [0.2, 0.25) is 5.91 Å². The number of aromatic nitrogens is 1. The molecule has 0 saturated carbocycles. The van der Waals surface area contributed by atoms with Gasteiger partial charge in [-0.2, -0.15) is 0 Å². The van der Waals surface area contributed by atoms with Gasteiger partial charge in [-0.15, -0.1) is 0 Å². The van der Waals surface area contributed by atoms with Crippen molar-refractivity contribution < 1.29 is 17.6 Å². The number of hydrogen-bond donors (Lipinski definition) is 0. The van der Waals surface area contributed by atoms with Crippen LogP contribution in [0.3, 0.4) is 0 Å². The van der Waals surface area contributed by atoms with E-state index in [9.17, 15) is 13.2 Å². The highest BCUT2D eigenvalue weighted by Gasteiger charge is 2.34. The molecule has 162 valence electrons. The summed E-state index contributed by atoms with van der Waals surface area (Å²) in [5, 5.41) is 0.418. The minimum atomic E-state index is -3.05. The van der Waals surface area contributed by atoms with E-state index >= 15 is 0 Å². The number of nitrogens with zero attached hydrogens (tertiary/aromatic N) is 2. The van der Waals surface area contributed by atoms with E-state index < -0.39 is 9.84 Å². The number of amides is 1. The maximum Gasteiger partial charge on any atom is 0.257 e. The van der Waals surface area contributed by atoms with Gasteiger partial charge in [0.15, 0.2) is 15.6 Å². The largest absolute Gasteiger partial charge is 0.431 e. The number of rotatable bonds is 7. The SMILES string of the molecule is CCN(C(=O)CSc1nc(-c2ccccc2)c(-c2ccccc2)o1)[C@@H]1CCS(=O)(=O)C1. The highest BCUT2D eigenvalue weighted by Crippen LogP contribution is 2.35. The van der Waals surface area contributed by atoms with Gasteiger partial charge in [0.1, 0.15) is 5.69 Å². The zero-order valence-electron chi connectivity index (χ0n) is 17.2. The molecule has 1 saturated heterocycles. The number of sulfone groups is 1. The molecule has 1 aliphatic rings. The molecular formula is C23H24N2O4S2. The highest BCUT2D eigenvalue weighted by molar-refractivity contribution is 7.99. The Balaban J connectivity index is 1.54. The van der Waals surface area contributed by atoms with Gasteiger partial charge in [0.25, 0.3) is 5.22 Å². The first-order chi connectivity index (χ1) is 15.0. The van der Waals surface area contributed by atoms with Crippen molar-refractivity contribution in [3.8, 4) is 22.6 Å². The summed E-state index contributed by atoms with van der Waals surface area (Å²) in [4.78, 5) is 19.1. The predicted octanol–water partition coefficient (Wildman–Crippen LogP) is 4.14. The third-order valence-corrected chi connectivity index (χ3v) is 7.88. The van der Waals surface area contributed by atoms with Crippen LogP contribution in [0.4, 0.5) is 0 Å². The second-order valence-electron chi connectivity index (χ2n) is 7.41. The lowest BCUT2D eigenvalue weighted by Gasteiger charge is -2.26. The first kappa shape index (κ1) is 21.6. The second-order valence-corrected chi connectivity index (χ2v) is 10.6. The van der Waals surface area contributed by atoms with E-state index in [-0.39, 0.29) is 29.2 Å². The molecule has 31 heavy (non-hydrogen) atoms. The lowest BCUT2D eigenvalue weighted by molar-refractivity contribution is -0.129. The van der Waals surface area contributed by atoms with Crippen molar-refractivity contribution in [2.75, 3.05) is 23.8 Å². The molecule has 4 rings (SSSR count). The lowest BCUT2D eigenvalue weighted by atomic mass is 10.1. The maximum atomic E-state index is 12.8. The first-order valence-corrected chi connectivity index (χ1v) is 13.0. The summed E-state index contributed by atoms with van der Waals surface area (Å²) < 4.78 is 29.7. The van der Waals surface area contributed by atoms with Crippen molar-refractivity contribution >= 4 is 27.5 Å². The molecule has 1 atom stereocenters. The normalized spacial score (nSPS) is 17.5. The summed E-state index contributed by atoms with van der Waals surface area (Å²) in [5.41, 5.74) is 2.59. The molecule has 3 aromatic rings. The molecule has 1 aromatic heterocycles. The van der Waals surface area contributed by atoms with Crippen molar-refractivity contribution in [2.24, 2.45) is 0 Å². The Hall–Kier alpha value is -2.58. The molecule has 2 heterocycles. The number of oxazole rings is 1. The molecule has 8 heteroatoms. The van der Waals surface area contributed by atoms with Crippen LogP contribution in [0.25, 0.3) is 22.6 Å². The first-order valence-electron chi connectivity index (χ1n) is 10.2. The zero-order valence-corrected chi connectivity index (χ0v) is 18.9. The van der Waals surface area contributed by atoms with Crippen molar-refractivity contribution in [3.63, 3.8) is 0 Å². The van der Waals surface area contributed by atoms with Crippen LogP contribution in [0, 0.1) is 0 Å². The minimum Gasteiger partial charge on any atom is -0.431 e. The van der Waals surface area contributed by atoms with E-state index in [2.05, 4.69) is 4.98 Å². The van der Waals surface area contributed by atoms with Crippen LogP contribution < -0.4 is 0 Å². The molecular weight excluding hydrogens is 432 g/mol. The van der Waals surface area contributed by atoms with Crippen LogP contribution in [-0.4, -0.2) is 54.1 Å². The molecule has 0 spiro atoms. The van der Waals surface area contributed by atoms with Crippen LogP contribution >= 0.6 is 11.8 Å². The predicted molar refractivity (Wildman–Crippen MR) is 123 cm³/mol. The molecule has 2 aromatic carbocycles. The summed E-state index contributed by atoms with van der Waals surface area (Å²) in [7, 11) is -3.05. The van der Waals surface area contributed by atoms with E-state index in [1.807, 2.05) is 67.6 Å². The number of benzene rings is 2. The van der Waals surface area contributed by atoms with Crippen LogP contribution in [-0.2, 0) is 14.6 Å². The fraction of sp³-hybridized carbons (Fsp3) is 0.304. The van der Waals surface area contributed by atoms with Crippen LogP contribution in [0.15, 0.2) is 70.3 Å². The Morgan fingerprint density at radius 3 is 2.32 bits per heavy atom. The fourth-order valence-corrected chi connectivity index (χ4v) is 6.25. The molecule has 0 unspecified atom stereocenters. The summed E-state index contributed by atoms with van der Waals surface area (Å²) >= 11 is 1.24. The van der Waals surface area contributed by atoms with Gasteiger partial charge >= 0.3 is 0 Å². The van der Waals surface area contributed by atoms with Crippen molar-refractivity contribution in [1.82, 2.24) is 9.88 Å². The Kier molecular flexibility index (Phi) is 6.48. The summed E-state index contributed by atoms with van der Waals surface area (Å²) in [5.74, 6) is 0.904. The van der Waals surface area contributed by atoms with E-state index in [1.165, 1.54) is 11.8 Å². The Morgan fingerprint density at radius 1 is 1.10 bits per heavy atom. The van der Waals surface area contributed by atoms with Gasteiger partial charge < -0.3 is 9.32 Å². The number of carbonyl (C=O) groups is 1. The quantitative estimate of drug-likeness (QED) is 0.497. The molecule has 6 nitrogen and oxygen atoms in total. The van der Waals surface area contributed by atoms with Gasteiger partial charge in [-0.25, -0.2) is 13.4 Å². The third kappa shape index (κ3) is 5.02. The topological polar surface area (TPSA) is 80.5 Å². The van der Waals surface area contributed by atoms with Crippen molar-refractivity contribution in [1.29, 1.82) is 0 Å². The third-order valence-electron chi connectivity index (χ3n) is 5.32. The van der Waals surface area contributed by atoms with Crippen molar-refractivity contribution in [3.05, 3.63) is 60.7 Å². The summed E-state index contributed by atoms with van der Waals surface area (Å²) in [6.07, 6.45) is 0.502. The fourth-order valence-electron chi connectivity index (χ4n) is 3.80. The smallest absolute Gasteiger partial charge is 0.257 e. The number of carbonyl (C=O) groups excluding carboxylic acids is 1. The van der Waals surface area contributed by atoms with Gasteiger partial charge in [0, 0.05) is 23.7 Å². The molecule has 0 aliphatic carbocycles. The maximum absolute atomic E-state index is 12.8. The van der Waals surface area contributed by atoms with Crippen LogP contribution in [0.5, 0.6) is 0 Å². The summed E-state index contributed by atoms with van der Waals surface area (Å²) in [6.45, 7) is 2.36. The molecule has 1 aliphatic heterocycles. The molecule has 0 N–H and O–H groups in total. The molecule has 1 amide bonds. The van der Waals surface area contributed by atoms with E-state index in [0.29, 0.717) is 23.9 Å². The second kappa shape index (κ2) is 9.28. The van der Waals surface area contributed by atoms with E-state index in [0.717, 1.165) is 16.8 Å². The Morgan fingerprint density at radius 2 is 1.74 bits per heavy atom. The molecule has 0 bridgehead atoms. The average molecular weight is 457 g/mol. The molecule has 1 fully saturated rings. The van der Waals surface area contributed by atoms with Gasteiger partial charge in [-0.3, -0.25) is 4.79 Å². The van der Waals surface area contributed by atoms with Crippen molar-refractivity contribution in [2.45, 2.75) is 24.6 Å². The lowest BCUT2D eigenvalue weighted by Crippen LogP contribution is -2.41. The van der Waals surface area contributed by atoms with Gasteiger partial charge in [0.05, 0.1) is 17.3 Å². The zero-order chi connectivity index (χ0) is 21.8. The van der Waals surface area contributed by atoms with Gasteiger partial charge in [-0.1, -0.05) is 72.4 Å². The van der Waals surface area contributed by atoms with Crippen LogP contribution in [0.1, 0.15) is 13.3 Å². The molecule has 0 radical (unpaired) electrons. The van der Waals surface area contributed by atoms with Crippen LogP contribution in [0.2, 0.25) is 0 Å². The van der Waals surface area contributed by atoms with E-state index in [1.54, 1.807) is 4.90 Å². The average Bonchev–Trinajstić information content (AvgIpc) is 3.37. The minimum absolute atomic E-state index is 0.0482. The Labute approximate surface area is 186 Å². The number of thioether (sulfide) groups is 1. The highest BCUT2D eigenvalue weighted by atomic mass is 32.2. The van der Waals surface area contributed by atoms with Gasteiger partial charge in [-0.05, 0) is 13.3 Å². The number of hydrogen-bond acceptors (Lipinski definition) is 6. The summed E-state index contributed by atoms with van der Waals surface area (Å²) in [6, 6.07) is 19.3.